The van der Waals surface area contributed by atoms with Crippen LogP contribution in [0, 0.1) is 0 Å². The van der Waals surface area contributed by atoms with Gasteiger partial charge in [-0.15, -0.1) is 0 Å². The van der Waals surface area contributed by atoms with Crippen molar-refractivity contribution in [2.24, 2.45) is 0 Å². The van der Waals surface area contributed by atoms with Crippen LogP contribution in [0.15, 0.2) is 42.7 Å². The van der Waals surface area contributed by atoms with Gasteiger partial charge in [-0.05, 0) is 36.8 Å². The lowest BCUT2D eigenvalue weighted by Crippen LogP contribution is -2.29. The fourth-order valence-corrected chi connectivity index (χ4v) is 1.98. The lowest BCUT2D eigenvalue weighted by atomic mass is 10.1. The third-order valence-corrected chi connectivity index (χ3v) is 3.21. The summed E-state index contributed by atoms with van der Waals surface area (Å²) in [6, 6.07) is 8.65. The van der Waals surface area contributed by atoms with Crippen LogP contribution in [0.3, 0.4) is 0 Å². The smallest absolute Gasteiger partial charge is 0.220 e. The van der Waals surface area contributed by atoms with E-state index in [-0.39, 0.29) is 18.2 Å². The van der Waals surface area contributed by atoms with Crippen LogP contribution in [0.2, 0.25) is 0 Å². The van der Waals surface area contributed by atoms with Gasteiger partial charge in [0.15, 0.2) is 5.78 Å². The van der Waals surface area contributed by atoms with E-state index >= 15 is 0 Å². The van der Waals surface area contributed by atoms with Crippen molar-refractivity contribution in [3.05, 3.63) is 48.3 Å². The van der Waals surface area contributed by atoms with Crippen molar-refractivity contribution in [3.63, 3.8) is 0 Å². The highest BCUT2D eigenvalue weighted by Crippen LogP contribution is 2.11. The van der Waals surface area contributed by atoms with E-state index in [1.165, 1.54) is 0 Å². The van der Waals surface area contributed by atoms with Gasteiger partial charge < -0.3 is 10.1 Å². The second-order valence-electron chi connectivity index (χ2n) is 4.80. The van der Waals surface area contributed by atoms with Gasteiger partial charge in [-0.3, -0.25) is 14.3 Å². The Morgan fingerprint density at radius 1 is 1.27 bits per heavy atom. The minimum atomic E-state index is -0.131. The largest absolute Gasteiger partial charge is 0.497 e. The maximum atomic E-state index is 11.9. The molecule has 0 fully saturated rings. The third-order valence-electron chi connectivity index (χ3n) is 3.21. The number of methoxy groups -OCH3 is 1. The highest BCUT2D eigenvalue weighted by atomic mass is 16.5. The number of amides is 1. The quantitative estimate of drug-likeness (QED) is 0.753. The first-order valence-electron chi connectivity index (χ1n) is 7.10. The van der Waals surface area contributed by atoms with Crippen molar-refractivity contribution in [1.82, 2.24) is 15.1 Å². The Morgan fingerprint density at radius 3 is 2.68 bits per heavy atom. The zero-order chi connectivity index (χ0) is 15.8. The normalized spacial score (nSPS) is 10.2. The van der Waals surface area contributed by atoms with Crippen molar-refractivity contribution in [2.45, 2.75) is 19.4 Å². The van der Waals surface area contributed by atoms with E-state index in [0.29, 0.717) is 30.7 Å². The van der Waals surface area contributed by atoms with Gasteiger partial charge >= 0.3 is 0 Å². The predicted molar refractivity (Wildman–Crippen MR) is 81.8 cm³/mol. The molecular formula is C16H19N3O3. The average molecular weight is 301 g/mol. The van der Waals surface area contributed by atoms with Crippen molar-refractivity contribution in [3.8, 4) is 5.75 Å². The zero-order valence-electron chi connectivity index (χ0n) is 12.5. The number of nitrogens with zero attached hydrogens (tertiary/aromatic N) is 2. The summed E-state index contributed by atoms with van der Waals surface area (Å²) in [6.07, 6.45) is 4.61. The Balaban J connectivity index is 1.69. The average Bonchev–Trinajstić information content (AvgIpc) is 3.06. The fourth-order valence-electron chi connectivity index (χ4n) is 1.98. The molecule has 0 aliphatic heterocycles. The second-order valence-corrected chi connectivity index (χ2v) is 4.80. The van der Waals surface area contributed by atoms with Crippen LogP contribution in [0.25, 0.3) is 0 Å². The highest BCUT2D eigenvalue weighted by Gasteiger charge is 2.08. The predicted octanol–water partition coefficient (Wildman–Crippen LogP) is 1.67. The van der Waals surface area contributed by atoms with Gasteiger partial charge in [0.2, 0.25) is 5.91 Å². The molecule has 6 heteroatoms. The van der Waals surface area contributed by atoms with Gasteiger partial charge in [0.25, 0.3) is 0 Å². The molecule has 0 unspecified atom stereocenters. The molecule has 0 atom stereocenters. The van der Waals surface area contributed by atoms with Gasteiger partial charge in [-0.1, -0.05) is 0 Å². The van der Waals surface area contributed by atoms with E-state index in [1.54, 1.807) is 42.3 Å². The molecule has 0 saturated heterocycles. The van der Waals surface area contributed by atoms with Gasteiger partial charge in [0.1, 0.15) is 5.75 Å². The van der Waals surface area contributed by atoms with Crippen molar-refractivity contribution < 1.29 is 14.3 Å². The number of carbonyl (C=O) groups excluding carboxylic acids is 2. The van der Waals surface area contributed by atoms with Gasteiger partial charge in [0, 0.05) is 30.9 Å². The number of hydrogen-bond donors (Lipinski definition) is 1. The van der Waals surface area contributed by atoms with E-state index in [1.807, 2.05) is 12.3 Å². The summed E-state index contributed by atoms with van der Waals surface area (Å²) < 4.78 is 6.81. The third kappa shape index (κ3) is 4.73. The Hall–Kier alpha value is -2.63. The fraction of sp³-hybridized carbons (Fsp3) is 0.312. The Morgan fingerprint density at radius 2 is 2.05 bits per heavy atom. The Bertz CT molecular complexity index is 606. The van der Waals surface area contributed by atoms with Crippen molar-refractivity contribution in [1.29, 1.82) is 0 Å². The maximum Gasteiger partial charge on any atom is 0.220 e. The molecule has 22 heavy (non-hydrogen) atoms. The summed E-state index contributed by atoms with van der Waals surface area (Å²) in [5.74, 6) is 0.441. The van der Waals surface area contributed by atoms with Crippen molar-refractivity contribution >= 4 is 11.7 Å². The number of aryl methyl sites for hydroxylation is 1. The summed E-state index contributed by atoms with van der Waals surface area (Å²) in [4.78, 5) is 23.6. The van der Waals surface area contributed by atoms with Gasteiger partial charge in [-0.2, -0.15) is 5.10 Å². The van der Waals surface area contributed by atoms with Gasteiger partial charge in [0.05, 0.1) is 13.7 Å². The molecule has 1 aromatic carbocycles. The first-order valence-corrected chi connectivity index (χ1v) is 7.10. The number of Topliss-reactive ketones (excluding diaryl/α,β-unsaturated/α-hetero) is 1. The van der Waals surface area contributed by atoms with Crippen LogP contribution in [-0.4, -0.2) is 35.1 Å². The van der Waals surface area contributed by atoms with E-state index in [9.17, 15) is 9.59 Å². The number of benzene rings is 1. The van der Waals surface area contributed by atoms with Crippen LogP contribution in [0.5, 0.6) is 5.75 Å². The molecule has 0 aliphatic carbocycles. The lowest BCUT2D eigenvalue weighted by Gasteiger charge is -2.06. The number of aromatic nitrogens is 2. The molecule has 1 amide bonds. The molecule has 116 valence electrons. The molecule has 0 radical (unpaired) electrons. The van der Waals surface area contributed by atoms with Crippen LogP contribution in [0.4, 0.5) is 0 Å². The molecule has 1 heterocycles. The summed E-state index contributed by atoms with van der Waals surface area (Å²) in [6.45, 7) is 0.694. The molecule has 2 rings (SSSR count). The Kier molecular flexibility index (Phi) is 5.71. The van der Waals surface area contributed by atoms with E-state index in [2.05, 4.69) is 10.4 Å². The summed E-state index contributed by atoms with van der Waals surface area (Å²) in [5, 5.41) is 6.70. The van der Waals surface area contributed by atoms with Crippen LogP contribution in [0.1, 0.15) is 23.2 Å². The van der Waals surface area contributed by atoms with Gasteiger partial charge in [-0.25, -0.2) is 0 Å². The first-order chi connectivity index (χ1) is 10.7. The molecule has 2 aromatic rings. The molecule has 0 bridgehead atoms. The van der Waals surface area contributed by atoms with E-state index in [0.717, 1.165) is 0 Å². The minimum absolute atomic E-state index is 0.00688. The number of rotatable bonds is 8. The number of nitrogens with one attached hydrogen (secondary N) is 1. The molecule has 6 nitrogen and oxygen atoms in total. The molecule has 0 aliphatic rings. The van der Waals surface area contributed by atoms with E-state index in [4.69, 9.17) is 4.74 Å². The SMILES string of the molecule is COc1ccc(C(=O)CNC(=O)CCCn2cccn2)cc1. The molecular weight excluding hydrogens is 282 g/mol. The summed E-state index contributed by atoms with van der Waals surface area (Å²) in [5.41, 5.74) is 0.553. The molecule has 1 N–H and O–H groups in total. The Labute approximate surface area is 129 Å². The van der Waals surface area contributed by atoms with Crippen LogP contribution < -0.4 is 10.1 Å². The number of ketones is 1. The zero-order valence-corrected chi connectivity index (χ0v) is 12.5. The van der Waals surface area contributed by atoms with Crippen LogP contribution >= 0.6 is 0 Å². The topological polar surface area (TPSA) is 73.2 Å². The minimum Gasteiger partial charge on any atom is -0.497 e. The van der Waals surface area contributed by atoms with E-state index < -0.39 is 0 Å². The number of hydrogen-bond acceptors (Lipinski definition) is 4. The maximum absolute atomic E-state index is 11.9. The standard InChI is InChI=1S/C16H19N3O3/c1-22-14-7-5-13(6-8-14)15(20)12-17-16(21)4-2-10-19-11-3-9-18-19/h3,5-9,11H,2,4,10,12H2,1H3,(H,17,21). The second kappa shape index (κ2) is 7.97. The number of carbonyl (C=O) groups is 2. The molecule has 0 saturated carbocycles. The summed E-state index contributed by atoms with van der Waals surface area (Å²) in [7, 11) is 1.57. The highest BCUT2D eigenvalue weighted by molar-refractivity contribution is 5.99. The van der Waals surface area contributed by atoms with Crippen LogP contribution in [-0.2, 0) is 11.3 Å². The summed E-state index contributed by atoms with van der Waals surface area (Å²) >= 11 is 0. The first kappa shape index (κ1) is 15.8. The number of ether oxygens (including phenoxy) is 1. The molecule has 0 spiro atoms. The monoisotopic (exact) mass is 301 g/mol. The lowest BCUT2D eigenvalue weighted by molar-refractivity contribution is -0.121. The van der Waals surface area contributed by atoms with Crippen molar-refractivity contribution in [2.75, 3.05) is 13.7 Å². The molecule has 1 aromatic heterocycles.